The van der Waals surface area contributed by atoms with E-state index in [2.05, 4.69) is 111 Å². The summed E-state index contributed by atoms with van der Waals surface area (Å²) < 4.78 is 0. The Bertz CT molecular complexity index is 1060. The highest BCUT2D eigenvalue weighted by molar-refractivity contribution is 5.49. The number of fused-ring (bicyclic) bond motifs is 4. The van der Waals surface area contributed by atoms with Gasteiger partial charge in [0, 0.05) is 5.92 Å². The van der Waals surface area contributed by atoms with E-state index in [0.717, 1.165) is 19.3 Å². The van der Waals surface area contributed by atoms with Crippen LogP contribution in [0.1, 0.15) is 64.3 Å². The molecule has 0 radical (unpaired) electrons. The van der Waals surface area contributed by atoms with Gasteiger partial charge in [-0.3, -0.25) is 0 Å². The summed E-state index contributed by atoms with van der Waals surface area (Å²) >= 11 is 0. The number of hydrogen-bond donors (Lipinski definition) is 0. The Morgan fingerprint density at radius 1 is 0.452 bits per heavy atom. The van der Waals surface area contributed by atoms with Gasteiger partial charge in [-0.05, 0) is 69.7 Å². The first-order chi connectivity index (χ1) is 15.2. The van der Waals surface area contributed by atoms with Crippen LogP contribution >= 0.6 is 0 Å². The first-order valence-electron chi connectivity index (χ1n) is 11.5. The fourth-order valence-electron chi connectivity index (χ4n) is 5.30. The molecule has 0 aliphatic heterocycles. The summed E-state index contributed by atoms with van der Waals surface area (Å²) in [5, 5.41) is 0. The fourth-order valence-corrected chi connectivity index (χ4v) is 5.30. The molecule has 4 aromatic rings. The highest BCUT2D eigenvalue weighted by atomic mass is 14.3. The van der Waals surface area contributed by atoms with Crippen LogP contribution in [-0.4, -0.2) is 0 Å². The Kier molecular flexibility index (Phi) is 5.47. The van der Waals surface area contributed by atoms with Crippen molar-refractivity contribution in [1.82, 2.24) is 0 Å². The molecule has 4 aromatic carbocycles. The van der Waals surface area contributed by atoms with Gasteiger partial charge in [-0.15, -0.1) is 0 Å². The summed E-state index contributed by atoms with van der Waals surface area (Å²) in [7, 11) is 0. The molecule has 0 heterocycles. The second-order valence-corrected chi connectivity index (χ2v) is 9.19. The predicted molar refractivity (Wildman–Crippen MR) is 131 cm³/mol. The van der Waals surface area contributed by atoms with E-state index in [1.807, 2.05) is 0 Å². The minimum Gasteiger partial charge on any atom is -0.0620 e. The number of rotatable bonds is 1. The van der Waals surface area contributed by atoms with Gasteiger partial charge in [0.15, 0.2) is 0 Å². The second kappa shape index (κ2) is 8.55. The molecule has 154 valence electrons. The van der Waals surface area contributed by atoms with E-state index in [1.165, 1.54) is 44.5 Å². The van der Waals surface area contributed by atoms with Crippen LogP contribution in [0.15, 0.2) is 97.1 Å². The molecule has 0 heteroatoms. The van der Waals surface area contributed by atoms with E-state index in [4.69, 9.17) is 0 Å². The van der Waals surface area contributed by atoms with Crippen LogP contribution in [-0.2, 0) is 19.3 Å². The van der Waals surface area contributed by atoms with Crippen LogP contribution in [0.4, 0.5) is 0 Å². The summed E-state index contributed by atoms with van der Waals surface area (Å²) in [6.07, 6.45) is 3.30. The monoisotopic (exact) mass is 402 g/mol. The lowest BCUT2D eigenvalue weighted by Crippen LogP contribution is -2.17. The zero-order valence-electron chi connectivity index (χ0n) is 18.5. The van der Waals surface area contributed by atoms with Crippen molar-refractivity contribution in [2.24, 2.45) is 5.92 Å². The van der Waals surface area contributed by atoms with Crippen LogP contribution < -0.4 is 0 Å². The summed E-state index contributed by atoms with van der Waals surface area (Å²) in [5.41, 5.74) is 12.0. The average molecular weight is 403 g/mol. The van der Waals surface area contributed by atoms with E-state index in [-0.39, 0.29) is 0 Å². The van der Waals surface area contributed by atoms with Gasteiger partial charge in [0.1, 0.15) is 0 Å². The van der Waals surface area contributed by atoms with Crippen molar-refractivity contribution in [1.29, 1.82) is 0 Å². The molecule has 0 amide bonds. The van der Waals surface area contributed by atoms with Gasteiger partial charge in [0.25, 0.3) is 0 Å². The molecule has 0 saturated heterocycles. The van der Waals surface area contributed by atoms with Crippen molar-refractivity contribution in [2.45, 2.75) is 39.0 Å². The molecule has 0 nitrogen and oxygen atoms in total. The molecule has 2 aliphatic rings. The largest absolute Gasteiger partial charge is 0.0620 e. The molecule has 0 unspecified atom stereocenters. The maximum atomic E-state index is 2.32. The Hall–Kier alpha value is -3.12. The summed E-state index contributed by atoms with van der Waals surface area (Å²) in [6, 6.07) is 35.3. The van der Waals surface area contributed by atoms with Crippen LogP contribution in [0.25, 0.3) is 0 Å². The molecule has 6 rings (SSSR count). The summed E-state index contributed by atoms with van der Waals surface area (Å²) in [5.74, 6) is 1.22. The van der Waals surface area contributed by atoms with E-state index in [0.29, 0.717) is 11.8 Å². The minimum absolute atomic E-state index is 0.566. The van der Waals surface area contributed by atoms with Gasteiger partial charge in [-0.2, -0.15) is 0 Å². The Labute approximate surface area is 186 Å². The zero-order valence-corrected chi connectivity index (χ0v) is 18.5. The Morgan fingerprint density at radius 3 is 1.10 bits per heavy atom. The van der Waals surface area contributed by atoms with Gasteiger partial charge in [-0.1, -0.05) is 111 Å². The molecule has 0 fully saturated rings. The van der Waals surface area contributed by atoms with Crippen molar-refractivity contribution in [3.63, 3.8) is 0 Å². The minimum atomic E-state index is 0.566. The first kappa shape index (κ1) is 19.8. The van der Waals surface area contributed by atoms with Crippen LogP contribution in [0.3, 0.4) is 0 Å². The third-order valence-corrected chi connectivity index (χ3v) is 6.83. The van der Waals surface area contributed by atoms with Crippen molar-refractivity contribution in [3.8, 4) is 0 Å². The molecule has 2 aliphatic carbocycles. The Balaban J connectivity index is 0.000000134. The van der Waals surface area contributed by atoms with Crippen LogP contribution in [0.2, 0.25) is 0 Å². The molecule has 0 spiro atoms. The smallest absolute Gasteiger partial charge is 0.0118 e. The first-order valence-corrected chi connectivity index (χ1v) is 11.5. The molecule has 0 aromatic heterocycles. The summed E-state index contributed by atoms with van der Waals surface area (Å²) in [4.78, 5) is 0. The number of hydrogen-bond acceptors (Lipinski definition) is 0. The second-order valence-electron chi connectivity index (χ2n) is 9.19. The topological polar surface area (TPSA) is 0 Å². The highest BCUT2D eigenvalue weighted by Gasteiger charge is 2.26. The van der Waals surface area contributed by atoms with Gasteiger partial charge in [-0.25, -0.2) is 0 Å². The van der Waals surface area contributed by atoms with Crippen molar-refractivity contribution in [2.75, 3.05) is 0 Å². The maximum absolute atomic E-state index is 2.32. The van der Waals surface area contributed by atoms with E-state index >= 15 is 0 Å². The lowest BCUT2D eigenvalue weighted by molar-refractivity contribution is 0.549. The lowest BCUT2D eigenvalue weighted by atomic mass is 9.73. The quantitative estimate of drug-likeness (QED) is 0.271. The number of benzene rings is 4. The molecular weight excluding hydrogens is 372 g/mol. The predicted octanol–water partition coefficient (Wildman–Crippen LogP) is 7.56. The third kappa shape index (κ3) is 3.95. The van der Waals surface area contributed by atoms with Crippen LogP contribution in [0, 0.1) is 5.92 Å². The molecule has 0 saturated carbocycles. The molecule has 0 atom stereocenters. The normalized spacial score (nSPS) is 13.9. The SMILES string of the molecule is CC(C)C1c2ccccc2Cc2ccccc21.c1ccc2c(c1)Cc1ccccc1C2. The third-order valence-electron chi connectivity index (χ3n) is 6.83. The molecule has 0 N–H and O–H groups in total. The van der Waals surface area contributed by atoms with Crippen molar-refractivity contribution >= 4 is 0 Å². The van der Waals surface area contributed by atoms with E-state index < -0.39 is 0 Å². The van der Waals surface area contributed by atoms with Gasteiger partial charge >= 0.3 is 0 Å². The fraction of sp³-hybridized carbons (Fsp3) is 0.226. The highest BCUT2D eigenvalue weighted by Crippen LogP contribution is 2.40. The van der Waals surface area contributed by atoms with Crippen molar-refractivity contribution < 1.29 is 0 Å². The maximum Gasteiger partial charge on any atom is 0.0118 e. The van der Waals surface area contributed by atoms with E-state index in [1.54, 1.807) is 0 Å². The van der Waals surface area contributed by atoms with Gasteiger partial charge in [0.05, 0.1) is 0 Å². The Morgan fingerprint density at radius 2 is 0.742 bits per heavy atom. The van der Waals surface area contributed by atoms with Gasteiger partial charge < -0.3 is 0 Å². The van der Waals surface area contributed by atoms with Crippen molar-refractivity contribution in [3.05, 3.63) is 142 Å². The molecule has 0 bridgehead atoms. The summed E-state index contributed by atoms with van der Waals surface area (Å²) in [6.45, 7) is 4.65. The lowest BCUT2D eigenvalue weighted by Gasteiger charge is -2.31. The van der Waals surface area contributed by atoms with E-state index in [9.17, 15) is 0 Å². The standard InChI is InChI=1S/C17H18.C14H12/c1-12(2)17-15-9-5-3-7-13(15)11-14-8-4-6-10-16(14)17;1-2-6-12-10-14-8-4-3-7-13(14)9-11(12)5-1/h3-10,12,17H,11H2,1-2H3;1-8H,9-10H2. The molecule has 31 heavy (non-hydrogen) atoms. The average Bonchev–Trinajstić information content (AvgIpc) is 2.81. The zero-order chi connectivity index (χ0) is 21.2. The van der Waals surface area contributed by atoms with Crippen LogP contribution in [0.5, 0.6) is 0 Å². The molecular formula is C31H30. The van der Waals surface area contributed by atoms with Gasteiger partial charge in [0.2, 0.25) is 0 Å².